The Bertz CT molecular complexity index is 509. The van der Waals surface area contributed by atoms with Gasteiger partial charge >= 0.3 is 5.97 Å². The fourth-order valence-electron chi connectivity index (χ4n) is 1.21. The number of aromatic nitrogens is 4. The van der Waals surface area contributed by atoms with E-state index in [0.29, 0.717) is 11.6 Å². The Kier molecular flexibility index (Phi) is 2.50. The van der Waals surface area contributed by atoms with Crippen molar-refractivity contribution in [2.24, 2.45) is 0 Å². The highest BCUT2D eigenvalue weighted by molar-refractivity contribution is 5.91. The summed E-state index contributed by atoms with van der Waals surface area (Å²) >= 11 is 0. The summed E-state index contributed by atoms with van der Waals surface area (Å²) in [6, 6.07) is 1.46. The predicted octanol–water partition coefficient (Wildman–Crippen LogP) is 0.369. The zero-order valence-corrected chi connectivity index (χ0v) is 8.36. The molecule has 0 aliphatic heterocycles. The molecule has 0 spiro atoms. The maximum atomic E-state index is 11.0. The van der Waals surface area contributed by atoms with Crippen molar-refractivity contribution in [2.75, 3.05) is 7.11 Å². The van der Waals surface area contributed by atoms with Gasteiger partial charge in [0.25, 0.3) is 0 Å². The van der Waals surface area contributed by atoms with Crippen molar-refractivity contribution in [2.45, 2.75) is 0 Å². The van der Waals surface area contributed by atoms with E-state index in [-0.39, 0.29) is 5.56 Å². The van der Waals surface area contributed by atoms with Crippen LogP contribution in [-0.4, -0.2) is 38.2 Å². The summed E-state index contributed by atoms with van der Waals surface area (Å²) in [5, 5.41) is 16.7. The summed E-state index contributed by atoms with van der Waals surface area (Å²) in [4.78, 5) is 16.0. The number of ether oxygens (including phenoxy) is 1. The zero-order chi connectivity index (χ0) is 11.5. The fourth-order valence-corrected chi connectivity index (χ4v) is 1.21. The number of aromatic carboxylic acids is 1. The van der Waals surface area contributed by atoms with Crippen LogP contribution in [0.25, 0.3) is 5.69 Å². The topological polar surface area (TPSA) is 90.1 Å². The molecule has 0 aliphatic carbocycles. The fraction of sp³-hybridized carbons (Fsp3) is 0.111. The number of hydrogen-bond donors (Lipinski definition) is 1. The average Bonchev–Trinajstić information content (AvgIpc) is 2.81. The molecule has 0 aromatic carbocycles. The van der Waals surface area contributed by atoms with E-state index in [0.717, 1.165) is 0 Å². The van der Waals surface area contributed by atoms with Crippen LogP contribution in [0.1, 0.15) is 10.4 Å². The van der Waals surface area contributed by atoms with Crippen LogP contribution in [0.4, 0.5) is 0 Å². The van der Waals surface area contributed by atoms with E-state index < -0.39 is 5.97 Å². The molecule has 7 heteroatoms. The zero-order valence-electron chi connectivity index (χ0n) is 8.36. The van der Waals surface area contributed by atoms with Crippen molar-refractivity contribution in [1.82, 2.24) is 20.0 Å². The molecule has 0 fully saturated rings. The molecule has 2 heterocycles. The second-order valence-electron chi connectivity index (χ2n) is 2.87. The summed E-state index contributed by atoms with van der Waals surface area (Å²) in [5.74, 6) is -0.792. The van der Waals surface area contributed by atoms with Gasteiger partial charge < -0.3 is 9.84 Å². The van der Waals surface area contributed by atoms with Crippen LogP contribution in [0.15, 0.2) is 24.7 Å². The Morgan fingerprint density at radius 2 is 2.12 bits per heavy atom. The Morgan fingerprint density at radius 3 is 2.69 bits per heavy atom. The van der Waals surface area contributed by atoms with E-state index >= 15 is 0 Å². The van der Waals surface area contributed by atoms with Gasteiger partial charge in [0.2, 0.25) is 5.88 Å². The van der Waals surface area contributed by atoms with Crippen LogP contribution < -0.4 is 4.74 Å². The van der Waals surface area contributed by atoms with E-state index in [1.807, 2.05) is 0 Å². The highest BCUT2D eigenvalue weighted by Crippen LogP contribution is 2.17. The van der Waals surface area contributed by atoms with Gasteiger partial charge in [-0.15, -0.1) is 0 Å². The molecule has 2 rings (SSSR count). The van der Waals surface area contributed by atoms with Gasteiger partial charge in [-0.1, -0.05) is 0 Å². The molecule has 0 saturated carbocycles. The van der Waals surface area contributed by atoms with Crippen LogP contribution in [0.2, 0.25) is 0 Å². The molecule has 1 N–H and O–H groups in total. The summed E-state index contributed by atoms with van der Waals surface area (Å²) in [6.07, 6.45) is 4.12. The summed E-state index contributed by atoms with van der Waals surface area (Å²) in [5.41, 5.74) is 0.321. The number of carboxylic acids is 1. The van der Waals surface area contributed by atoms with Gasteiger partial charge in [-0.2, -0.15) is 15.0 Å². The molecular formula is C9H8N4O3. The lowest BCUT2D eigenvalue weighted by Crippen LogP contribution is -2.09. The summed E-state index contributed by atoms with van der Waals surface area (Å²) < 4.78 is 4.91. The number of pyridine rings is 1. The Balaban J connectivity index is 2.59. The summed E-state index contributed by atoms with van der Waals surface area (Å²) in [6.45, 7) is 0. The minimum atomic E-state index is -1.09. The van der Waals surface area contributed by atoms with Crippen molar-refractivity contribution in [1.29, 1.82) is 0 Å². The molecule has 0 saturated heterocycles. The lowest BCUT2D eigenvalue weighted by Gasteiger charge is -2.06. The first kappa shape index (κ1) is 10.1. The SMILES string of the molecule is COc1cc(-n2nccn2)c(C(=O)O)cn1. The first-order valence-corrected chi connectivity index (χ1v) is 4.36. The van der Waals surface area contributed by atoms with E-state index in [9.17, 15) is 4.79 Å². The number of methoxy groups -OCH3 is 1. The van der Waals surface area contributed by atoms with E-state index in [2.05, 4.69) is 15.2 Å². The van der Waals surface area contributed by atoms with Gasteiger partial charge in [0, 0.05) is 12.3 Å². The predicted molar refractivity (Wildman–Crippen MR) is 52.7 cm³/mol. The lowest BCUT2D eigenvalue weighted by atomic mass is 10.2. The van der Waals surface area contributed by atoms with Crippen molar-refractivity contribution >= 4 is 5.97 Å². The Hall–Kier alpha value is -2.44. The second-order valence-corrected chi connectivity index (χ2v) is 2.87. The molecule has 2 aromatic rings. The molecule has 2 aromatic heterocycles. The molecule has 0 bridgehead atoms. The number of nitrogens with zero attached hydrogens (tertiary/aromatic N) is 4. The van der Waals surface area contributed by atoms with E-state index in [4.69, 9.17) is 9.84 Å². The van der Waals surface area contributed by atoms with Crippen molar-refractivity contribution < 1.29 is 14.6 Å². The number of rotatable bonds is 3. The van der Waals surface area contributed by atoms with Crippen molar-refractivity contribution in [3.05, 3.63) is 30.2 Å². The lowest BCUT2D eigenvalue weighted by molar-refractivity contribution is 0.0696. The monoisotopic (exact) mass is 220 g/mol. The Morgan fingerprint density at radius 1 is 1.44 bits per heavy atom. The van der Waals surface area contributed by atoms with Crippen LogP contribution in [0.3, 0.4) is 0 Å². The molecule has 0 amide bonds. The van der Waals surface area contributed by atoms with Gasteiger partial charge in [-0.3, -0.25) is 0 Å². The number of carbonyl (C=O) groups is 1. The normalized spacial score (nSPS) is 10.1. The van der Waals surface area contributed by atoms with Crippen LogP contribution in [0, 0.1) is 0 Å². The highest BCUT2D eigenvalue weighted by Gasteiger charge is 2.14. The van der Waals surface area contributed by atoms with Crippen LogP contribution in [-0.2, 0) is 0 Å². The maximum absolute atomic E-state index is 11.0. The standard InChI is InChI=1S/C9H8N4O3/c1-16-8-4-7(13-11-2-3-12-13)6(5-10-8)9(14)15/h2-5H,1H3,(H,14,15). The first-order chi connectivity index (χ1) is 7.72. The average molecular weight is 220 g/mol. The molecule has 0 aliphatic rings. The second kappa shape index (κ2) is 3.97. The summed E-state index contributed by atoms with van der Waals surface area (Å²) in [7, 11) is 1.45. The molecule has 82 valence electrons. The van der Waals surface area contributed by atoms with E-state index in [1.165, 1.54) is 36.6 Å². The molecule has 7 nitrogen and oxygen atoms in total. The van der Waals surface area contributed by atoms with E-state index in [1.54, 1.807) is 0 Å². The minimum absolute atomic E-state index is 0.0111. The molecular weight excluding hydrogens is 212 g/mol. The van der Waals surface area contributed by atoms with Gasteiger partial charge in [-0.05, 0) is 0 Å². The van der Waals surface area contributed by atoms with Gasteiger partial charge in [-0.25, -0.2) is 9.78 Å². The third-order valence-electron chi connectivity index (χ3n) is 1.93. The van der Waals surface area contributed by atoms with Crippen molar-refractivity contribution in [3.63, 3.8) is 0 Å². The third kappa shape index (κ3) is 1.70. The molecule has 0 unspecified atom stereocenters. The molecule has 0 atom stereocenters. The van der Waals surface area contributed by atoms with Gasteiger partial charge in [0.15, 0.2) is 0 Å². The van der Waals surface area contributed by atoms with Crippen LogP contribution in [0.5, 0.6) is 5.88 Å². The number of carboxylic acid groups (broad SMARTS) is 1. The maximum Gasteiger partial charge on any atom is 0.339 e. The first-order valence-electron chi connectivity index (χ1n) is 4.36. The van der Waals surface area contributed by atoms with Gasteiger partial charge in [0.05, 0.1) is 19.5 Å². The largest absolute Gasteiger partial charge is 0.481 e. The molecule has 0 radical (unpaired) electrons. The quantitative estimate of drug-likeness (QED) is 0.803. The Labute approximate surface area is 90.3 Å². The minimum Gasteiger partial charge on any atom is -0.481 e. The highest BCUT2D eigenvalue weighted by atomic mass is 16.5. The molecule has 16 heavy (non-hydrogen) atoms. The smallest absolute Gasteiger partial charge is 0.339 e. The number of hydrogen-bond acceptors (Lipinski definition) is 5. The third-order valence-corrected chi connectivity index (χ3v) is 1.93. The van der Waals surface area contributed by atoms with Crippen molar-refractivity contribution in [3.8, 4) is 11.6 Å². The van der Waals surface area contributed by atoms with Gasteiger partial charge in [0.1, 0.15) is 11.3 Å². The van der Waals surface area contributed by atoms with Crippen LogP contribution >= 0.6 is 0 Å².